The number of hydrogen-bond donors (Lipinski definition) is 0. The molecule has 5 heterocycles. The molecular formula is C28H28FN5O3S. The van der Waals surface area contributed by atoms with E-state index in [-0.39, 0.29) is 22.8 Å². The van der Waals surface area contributed by atoms with Crippen molar-refractivity contribution >= 4 is 31.8 Å². The van der Waals surface area contributed by atoms with Gasteiger partial charge in [-0.05, 0) is 43.9 Å². The highest BCUT2D eigenvalue weighted by Gasteiger charge is 2.32. The van der Waals surface area contributed by atoms with Crippen LogP contribution in [0, 0.1) is 18.7 Å². The Morgan fingerprint density at radius 2 is 1.82 bits per heavy atom. The number of benzene rings is 1. The van der Waals surface area contributed by atoms with Crippen LogP contribution < -0.4 is 0 Å². The lowest BCUT2D eigenvalue weighted by atomic mass is 9.86. The fourth-order valence-corrected chi connectivity index (χ4v) is 6.30. The molecule has 0 aliphatic carbocycles. The Bertz CT molecular complexity index is 1770. The highest BCUT2D eigenvalue weighted by Crippen LogP contribution is 2.42. The molecule has 0 spiro atoms. The van der Waals surface area contributed by atoms with Crippen molar-refractivity contribution in [1.29, 1.82) is 0 Å². The van der Waals surface area contributed by atoms with Gasteiger partial charge in [-0.25, -0.2) is 22.8 Å². The van der Waals surface area contributed by atoms with Crippen LogP contribution in [0.5, 0.6) is 0 Å². The van der Waals surface area contributed by atoms with Crippen LogP contribution in [0.3, 0.4) is 0 Å². The fraction of sp³-hybridized carbons (Fsp3) is 0.321. The number of sulfone groups is 1. The lowest BCUT2D eigenvalue weighted by molar-refractivity contribution is 0.0548. The van der Waals surface area contributed by atoms with Crippen molar-refractivity contribution in [2.24, 2.45) is 13.0 Å². The number of pyridine rings is 2. The molecule has 0 amide bonds. The topological polar surface area (TPSA) is 91.9 Å². The maximum atomic E-state index is 15.4. The van der Waals surface area contributed by atoms with E-state index in [0.717, 1.165) is 41.6 Å². The van der Waals surface area contributed by atoms with Gasteiger partial charge in [-0.15, -0.1) is 0 Å². The third-order valence-electron chi connectivity index (χ3n) is 7.49. The molecule has 1 aliphatic rings. The van der Waals surface area contributed by atoms with Gasteiger partial charge in [-0.3, -0.25) is 4.98 Å². The van der Waals surface area contributed by atoms with Crippen molar-refractivity contribution in [2.45, 2.75) is 30.8 Å². The lowest BCUT2D eigenvalue weighted by Gasteiger charge is -2.33. The minimum atomic E-state index is -3.54. The summed E-state index contributed by atoms with van der Waals surface area (Å²) in [5.74, 6) is -0.192. The number of nitrogens with zero attached hydrogens (tertiary/aromatic N) is 5. The van der Waals surface area contributed by atoms with Gasteiger partial charge in [0.1, 0.15) is 5.82 Å². The smallest absolute Gasteiger partial charge is 0.192 e. The Hall–Kier alpha value is -3.63. The minimum Gasteiger partial charge on any atom is -0.381 e. The molecule has 0 saturated carbocycles. The standard InChI is InChI=1S/C28H28FN5O3S/c1-17-27(33(2)16-32-17)19-12-23-26(31-14-19)21-13-25(38(3,35)36)30-15-24(21)34(23)28(18-8-10-37-11-9-18)20-6-4-5-7-22(20)29/h4-7,12-16,18,28H,8-11H2,1-3H3/t28-/m0/s1. The SMILES string of the molecule is Cc1ncn(C)c1-c1cnc2c3cc(S(C)(=O)=O)ncc3n([C@H](c3ccccc3F)C3CCOCC3)c2c1. The number of hydrogen-bond acceptors (Lipinski definition) is 6. The van der Waals surface area contributed by atoms with Crippen LogP contribution in [0.15, 0.2) is 60.1 Å². The molecular weight excluding hydrogens is 505 g/mol. The van der Waals surface area contributed by atoms with Crippen molar-refractivity contribution in [2.75, 3.05) is 19.5 Å². The van der Waals surface area contributed by atoms with E-state index in [4.69, 9.17) is 9.72 Å². The van der Waals surface area contributed by atoms with Gasteiger partial charge in [0.25, 0.3) is 0 Å². The van der Waals surface area contributed by atoms with Gasteiger partial charge in [-0.1, -0.05) is 18.2 Å². The van der Waals surface area contributed by atoms with Crippen molar-refractivity contribution in [3.63, 3.8) is 0 Å². The summed E-state index contributed by atoms with van der Waals surface area (Å²) in [6.45, 7) is 3.14. The van der Waals surface area contributed by atoms with Gasteiger partial charge < -0.3 is 13.9 Å². The molecule has 1 atom stereocenters. The third-order valence-corrected chi connectivity index (χ3v) is 8.47. The number of imidazole rings is 1. The number of halogens is 1. The first kappa shape index (κ1) is 24.7. The molecule has 0 N–H and O–H groups in total. The van der Waals surface area contributed by atoms with Crippen molar-refractivity contribution in [3.8, 4) is 11.3 Å². The van der Waals surface area contributed by atoms with E-state index in [2.05, 4.69) is 14.5 Å². The lowest BCUT2D eigenvalue weighted by Crippen LogP contribution is -2.27. The number of fused-ring (bicyclic) bond motifs is 3. The Morgan fingerprint density at radius 3 is 2.50 bits per heavy atom. The van der Waals surface area contributed by atoms with E-state index in [1.54, 1.807) is 30.9 Å². The first-order valence-electron chi connectivity index (χ1n) is 12.5. The molecule has 5 aromatic rings. The average molecular weight is 534 g/mol. The van der Waals surface area contributed by atoms with Gasteiger partial charge in [0.15, 0.2) is 14.9 Å². The average Bonchev–Trinajstić information content (AvgIpc) is 3.41. The number of rotatable bonds is 5. The second-order valence-corrected chi connectivity index (χ2v) is 11.9. The fourth-order valence-electron chi connectivity index (χ4n) is 5.73. The second kappa shape index (κ2) is 9.28. The van der Waals surface area contributed by atoms with Crippen LogP contribution in [0.4, 0.5) is 4.39 Å². The van der Waals surface area contributed by atoms with Crippen LogP contribution in [-0.4, -0.2) is 52.0 Å². The van der Waals surface area contributed by atoms with Crippen molar-refractivity contribution in [3.05, 3.63) is 72.2 Å². The highest BCUT2D eigenvalue weighted by molar-refractivity contribution is 7.90. The molecule has 1 saturated heterocycles. The molecule has 196 valence electrons. The molecule has 0 bridgehead atoms. The number of aryl methyl sites for hydroxylation is 2. The maximum Gasteiger partial charge on any atom is 0.192 e. The first-order chi connectivity index (χ1) is 18.2. The molecule has 6 rings (SSSR count). The zero-order valence-electron chi connectivity index (χ0n) is 21.4. The zero-order chi connectivity index (χ0) is 26.6. The summed E-state index contributed by atoms with van der Waals surface area (Å²) in [5.41, 5.74) is 5.38. The van der Waals surface area contributed by atoms with Crippen molar-refractivity contribution in [1.82, 2.24) is 24.1 Å². The number of aromatic nitrogens is 5. The maximum absolute atomic E-state index is 15.4. The van der Waals surface area contributed by atoms with E-state index in [1.165, 1.54) is 6.07 Å². The Balaban J connectivity index is 1.71. The highest BCUT2D eigenvalue weighted by atomic mass is 32.2. The summed E-state index contributed by atoms with van der Waals surface area (Å²) in [7, 11) is -1.61. The van der Waals surface area contributed by atoms with E-state index in [9.17, 15) is 8.42 Å². The zero-order valence-corrected chi connectivity index (χ0v) is 22.2. The molecule has 0 unspecified atom stereocenters. The Morgan fingerprint density at radius 1 is 1.05 bits per heavy atom. The van der Waals surface area contributed by atoms with Crippen molar-refractivity contribution < 1.29 is 17.5 Å². The van der Waals surface area contributed by atoms with E-state index < -0.39 is 9.84 Å². The molecule has 8 nitrogen and oxygen atoms in total. The van der Waals surface area contributed by atoms with Crippen LogP contribution in [0.25, 0.3) is 33.2 Å². The van der Waals surface area contributed by atoms with E-state index in [0.29, 0.717) is 35.2 Å². The van der Waals surface area contributed by atoms with Gasteiger partial charge in [0.05, 0.1) is 46.5 Å². The van der Waals surface area contributed by atoms with Gasteiger partial charge in [-0.2, -0.15) is 0 Å². The van der Waals surface area contributed by atoms with Crippen LogP contribution in [0.1, 0.15) is 30.1 Å². The van der Waals surface area contributed by atoms with E-state index in [1.807, 2.05) is 36.7 Å². The molecule has 1 aliphatic heterocycles. The Labute approximate surface area is 220 Å². The quantitative estimate of drug-likeness (QED) is 0.321. The van der Waals surface area contributed by atoms with Crippen LogP contribution in [0.2, 0.25) is 0 Å². The number of ether oxygens (including phenoxy) is 1. The summed E-state index contributed by atoms with van der Waals surface area (Å²) in [5, 5.41) is 0.642. The monoisotopic (exact) mass is 533 g/mol. The molecule has 0 radical (unpaired) electrons. The Kier molecular flexibility index (Phi) is 6.03. The summed E-state index contributed by atoms with van der Waals surface area (Å²) in [6, 6.07) is 10.1. The van der Waals surface area contributed by atoms with Gasteiger partial charge >= 0.3 is 0 Å². The molecule has 1 aromatic carbocycles. The predicted octanol–water partition coefficient (Wildman–Crippen LogP) is 4.85. The summed E-state index contributed by atoms with van der Waals surface area (Å²) in [6.07, 6.45) is 7.79. The van der Waals surface area contributed by atoms with E-state index >= 15 is 4.39 Å². The molecule has 1 fully saturated rings. The first-order valence-corrected chi connectivity index (χ1v) is 14.4. The molecule has 38 heavy (non-hydrogen) atoms. The third kappa shape index (κ3) is 4.08. The molecule has 10 heteroatoms. The summed E-state index contributed by atoms with van der Waals surface area (Å²) >= 11 is 0. The van der Waals surface area contributed by atoms with Crippen LogP contribution >= 0.6 is 0 Å². The predicted molar refractivity (Wildman–Crippen MR) is 143 cm³/mol. The normalized spacial score (nSPS) is 15.9. The van der Waals surface area contributed by atoms with Gasteiger partial charge in [0.2, 0.25) is 0 Å². The minimum absolute atomic E-state index is 0.0223. The van der Waals surface area contributed by atoms with Crippen LogP contribution in [-0.2, 0) is 21.6 Å². The molecule has 4 aromatic heterocycles. The summed E-state index contributed by atoms with van der Waals surface area (Å²) in [4.78, 5) is 13.6. The second-order valence-electron chi connectivity index (χ2n) is 9.98. The largest absolute Gasteiger partial charge is 0.381 e. The van der Waals surface area contributed by atoms with Gasteiger partial charge in [0, 0.05) is 49.2 Å². The summed E-state index contributed by atoms with van der Waals surface area (Å²) < 4.78 is 49.9.